The molecule has 0 saturated carbocycles. The molecule has 21 heavy (non-hydrogen) atoms. The highest BCUT2D eigenvalue weighted by molar-refractivity contribution is 6.05. The SMILES string of the molecule is CC(C)Oc1ccc(NC(=O)c2ccccc2CN)cc1. The second-order valence-corrected chi connectivity index (χ2v) is 5.01. The van der Waals surface area contributed by atoms with Crippen LogP contribution in [0.2, 0.25) is 0 Å². The quantitative estimate of drug-likeness (QED) is 0.886. The van der Waals surface area contributed by atoms with E-state index < -0.39 is 0 Å². The van der Waals surface area contributed by atoms with Crippen molar-refractivity contribution in [3.63, 3.8) is 0 Å². The molecule has 2 aromatic carbocycles. The van der Waals surface area contributed by atoms with Crippen LogP contribution >= 0.6 is 0 Å². The van der Waals surface area contributed by atoms with E-state index in [0.29, 0.717) is 12.1 Å². The summed E-state index contributed by atoms with van der Waals surface area (Å²) in [6.07, 6.45) is 0.127. The standard InChI is InChI=1S/C17H20N2O2/c1-12(2)21-15-9-7-14(8-10-15)19-17(20)16-6-4-3-5-13(16)11-18/h3-10,12H,11,18H2,1-2H3,(H,19,20). The minimum Gasteiger partial charge on any atom is -0.491 e. The molecule has 0 saturated heterocycles. The summed E-state index contributed by atoms with van der Waals surface area (Å²) in [7, 11) is 0. The van der Waals surface area contributed by atoms with Gasteiger partial charge in [-0.3, -0.25) is 4.79 Å². The van der Waals surface area contributed by atoms with E-state index in [1.807, 2.05) is 56.3 Å². The summed E-state index contributed by atoms with van der Waals surface area (Å²) < 4.78 is 5.57. The smallest absolute Gasteiger partial charge is 0.255 e. The molecule has 0 bridgehead atoms. The summed E-state index contributed by atoms with van der Waals surface area (Å²) >= 11 is 0. The number of hydrogen-bond acceptors (Lipinski definition) is 3. The molecular weight excluding hydrogens is 264 g/mol. The monoisotopic (exact) mass is 284 g/mol. The number of nitrogens with one attached hydrogen (secondary N) is 1. The highest BCUT2D eigenvalue weighted by Crippen LogP contribution is 2.18. The molecule has 2 aromatic rings. The zero-order chi connectivity index (χ0) is 15.2. The third-order valence-corrected chi connectivity index (χ3v) is 2.97. The van der Waals surface area contributed by atoms with Gasteiger partial charge in [-0.2, -0.15) is 0 Å². The normalized spacial score (nSPS) is 10.5. The van der Waals surface area contributed by atoms with Crippen LogP contribution in [0, 0.1) is 0 Å². The van der Waals surface area contributed by atoms with Gasteiger partial charge in [0.1, 0.15) is 5.75 Å². The van der Waals surface area contributed by atoms with Crippen molar-refractivity contribution in [1.29, 1.82) is 0 Å². The molecule has 1 amide bonds. The van der Waals surface area contributed by atoms with Crippen LogP contribution < -0.4 is 15.8 Å². The van der Waals surface area contributed by atoms with Gasteiger partial charge in [0, 0.05) is 17.8 Å². The van der Waals surface area contributed by atoms with Crippen LogP contribution in [0.1, 0.15) is 29.8 Å². The zero-order valence-electron chi connectivity index (χ0n) is 12.3. The van der Waals surface area contributed by atoms with Gasteiger partial charge in [-0.05, 0) is 49.7 Å². The summed E-state index contributed by atoms with van der Waals surface area (Å²) in [5.41, 5.74) is 7.80. The molecule has 4 heteroatoms. The van der Waals surface area contributed by atoms with Crippen molar-refractivity contribution < 1.29 is 9.53 Å². The lowest BCUT2D eigenvalue weighted by atomic mass is 10.1. The van der Waals surface area contributed by atoms with Gasteiger partial charge in [0.2, 0.25) is 0 Å². The fourth-order valence-electron chi connectivity index (χ4n) is 2.01. The second-order valence-electron chi connectivity index (χ2n) is 5.01. The summed E-state index contributed by atoms with van der Waals surface area (Å²) in [4.78, 5) is 12.3. The number of benzene rings is 2. The van der Waals surface area contributed by atoms with Gasteiger partial charge in [0.15, 0.2) is 0 Å². The number of carbonyl (C=O) groups excluding carboxylic acids is 1. The fourth-order valence-corrected chi connectivity index (χ4v) is 2.01. The minimum absolute atomic E-state index is 0.127. The van der Waals surface area contributed by atoms with Crippen LogP contribution in [0.15, 0.2) is 48.5 Å². The predicted molar refractivity (Wildman–Crippen MR) is 84.5 cm³/mol. The zero-order valence-corrected chi connectivity index (χ0v) is 12.3. The third-order valence-electron chi connectivity index (χ3n) is 2.97. The molecule has 0 atom stereocenters. The van der Waals surface area contributed by atoms with E-state index in [0.717, 1.165) is 17.0 Å². The molecular formula is C17H20N2O2. The molecule has 0 aliphatic heterocycles. The first kappa shape index (κ1) is 15.1. The average Bonchev–Trinajstić information content (AvgIpc) is 2.48. The number of ether oxygens (including phenoxy) is 1. The first-order chi connectivity index (χ1) is 10.1. The minimum atomic E-state index is -0.159. The molecule has 0 heterocycles. The van der Waals surface area contributed by atoms with E-state index >= 15 is 0 Å². The number of nitrogens with two attached hydrogens (primary N) is 1. The third kappa shape index (κ3) is 4.07. The van der Waals surface area contributed by atoms with E-state index in [2.05, 4.69) is 5.32 Å². The molecule has 4 nitrogen and oxygen atoms in total. The Labute approximate surface area is 124 Å². The number of rotatable bonds is 5. The van der Waals surface area contributed by atoms with E-state index in [9.17, 15) is 4.79 Å². The molecule has 0 aliphatic rings. The van der Waals surface area contributed by atoms with Gasteiger partial charge in [-0.15, -0.1) is 0 Å². The van der Waals surface area contributed by atoms with Crippen molar-refractivity contribution in [2.24, 2.45) is 5.73 Å². The lowest BCUT2D eigenvalue weighted by Crippen LogP contribution is -2.15. The first-order valence-electron chi connectivity index (χ1n) is 6.96. The van der Waals surface area contributed by atoms with Gasteiger partial charge in [0.05, 0.1) is 6.10 Å². The Bertz CT molecular complexity index is 606. The summed E-state index contributed by atoms with van der Waals surface area (Å²) in [5, 5.41) is 2.86. The summed E-state index contributed by atoms with van der Waals surface area (Å²) in [6, 6.07) is 14.6. The Morgan fingerprint density at radius 2 is 1.81 bits per heavy atom. The highest BCUT2D eigenvalue weighted by atomic mass is 16.5. The molecule has 0 aromatic heterocycles. The molecule has 3 N–H and O–H groups in total. The maximum absolute atomic E-state index is 12.3. The van der Waals surface area contributed by atoms with Crippen LogP contribution in [0.5, 0.6) is 5.75 Å². The van der Waals surface area contributed by atoms with Gasteiger partial charge in [0.25, 0.3) is 5.91 Å². The summed E-state index contributed by atoms with van der Waals surface area (Å²) in [5.74, 6) is 0.624. The van der Waals surface area contributed by atoms with Crippen LogP contribution in [0.4, 0.5) is 5.69 Å². The van der Waals surface area contributed by atoms with Crippen molar-refractivity contribution >= 4 is 11.6 Å². The lowest BCUT2D eigenvalue weighted by molar-refractivity contribution is 0.102. The summed E-state index contributed by atoms with van der Waals surface area (Å²) in [6.45, 7) is 4.28. The average molecular weight is 284 g/mol. The molecule has 0 spiro atoms. The number of carbonyl (C=O) groups is 1. The molecule has 0 unspecified atom stereocenters. The van der Waals surface area contributed by atoms with Crippen molar-refractivity contribution in [3.05, 3.63) is 59.7 Å². The second kappa shape index (κ2) is 6.90. The fraction of sp³-hybridized carbons (Fsp3) is 0.235. The van der Waals surface area contributed by atoms with E-state index in [-0.39, 0.29) is 12.0 Å². The highest BCUT2D eigenvalue weighted by Gasteiger charge is 2.10. The van der Waals surface area contributed by atoms with E-state index in [1.54, 1.807) is 6.07 Å². The van der Waals surface area contributed by atoms with Gasteiger partial charge in [-0.25, -0.2) is 0 Å². The Kier molecular flexibility index (Phi) is 4.95. The van der Waals surface area contributed by atoms with Crippen LogP contribution in [0.3, 0.4) is 0 Å². The Balaban J connectivity index is 2.09. The molecule has 2 rings (SSSR count). The van der Waals surface area contributed by atoms with Crippen LogP contribution in [0.25, 0.3) is 0 Å². The molecule has 0 fully saturated rings. The molecule has 0 aliphatic carbocycles. The van der Waals surface area contributed by atoms with Gasteiger partial charge >= 0.3 is 0 Å². The number of hydrogen-bond donors (Lipinski definition) is 2. The number of anilines is 1. The lowest BCUT2D eigenvalue weighted by Gasteiger charge is -2.11. The molecule has 0 radical (unpaired) electrons. The van der Waals surface area contributed by atoms with Gasteiger partial charge < -0.3 is 15.8 Å². The van der Waals surface area contributed by atoms with E-state index in [4.69, 9.17) is 10.5 Å². The maximum Gasteiger partial charge on any atom is 0.255 e. The van der Waals surface area contributed by atoms with Crippen molar-refractivity contribution in [3.8, 4) is 5.75 Å². The van der Waals surface area contributed by atoms with Gasteiger partial charge in [-0.1, -0.05) is 18.2 Å². The Morgan fingerprint density at radius 3 is 2.43 bits per heavy atom. The van der Waals surface area contributed by atoms with Crippen molar-refractivity contribution in [2.75, 3.05) is 5.32 Å². The molecule has 110 valence electrons. The predicted octanol–water partition coefficient (Wildman–Crippen LogP) is 3.18. The van der Waals surface area contributed by atoms with Crippen LogP contribution in [-0.4, -0.2) is 12.0 Å². The van der Waals surface area contributed by atoms with Crippen molar-refractivity contribution in [2.45, 2.75) is 26.5 Å². The topological polar surface area (TPSA) is 64.3 Å². The number of amides is 1. The Hall–Kier alpha value is -2.33. The maximum atomic E-state index is 12.3. The van der Waals surface area contributed by atoms with Crippen molar-refractivity contribution in [1.82, 2.24) is 0 Å². The van der Waals surface area contributed by atoms with Crippen LogP contribution in [-0.2, 0) is 6.54 Å². The largest absolute Gasteiger partial charge is 0.491 e. The Morgan fingerprint density at radius 1 is 1.14 bits per heavy atom. The van der Waals surface area contributed by atoms with E-state index in [1.165, 1.54) is 0 Å². The first-order valence-corrected chi connectivity index (χ1v) is 6.96.